The summed E-state index contributed by atoms with van der Waals surface area (Å²) in [5.74, 6) is -2.72. The fourth-order valence-corrected chi connectivity index (χ4v) is 6.73. The number of amides is 2. The van der Waals surface area contributed by atoms with Crippen LogP contribution in [0.4, 0.5) is 13.2 Å². The highest BCUT2D eigenvalue weighted by atomic mass is 19.2. The molecular weight excluding hydrogens is 467 g/mol. The van der Waals surface area contributed by atoms with Crippen LogP contribution in [0.25, 0.3) is 0 Å². The van der Waals surface area contributed by atoms with E-state index in [9.17, 15) is 22.8 Å². The van der Waals surface area contributed by atoms with Crippen LogP contribution in [-0.2, 0) is 16.0 Å². The Morgan fingerprint density at radius 3 is 2.14 bits per heavy atom. The number of carbonyl (C=O) groups excluding carboxylic acids is 2. The van der Waals surface area contributed by atoms with Crippen molar-refractivity contribution in [2.45, 2.75) is 109 Å². The van der Waals surface area contributed by atoms with Gasteiger partial charge in [-0.1, -0.05) is 20.8 Å². The van der Waals surface area contributed by atoms with Crippen LogP contribution in [0.2, 0.25) is 0 Å². The summed E-state index contributed by atoms with van der Waals surface area (Å²) in [4.78, 5) is 27.6. The van der Waals surface area contributed by atoms with Crippen molar-refractivity contribution in [1.29, 1.82) is 0 Å². The number of hydrogen-bond acceptors (Lipinski definition) is 3. The van der Waals surface area contributed by atoms with E-state index < -0.39 is 23.5 Å². The number of halogens is 3. The quantitative estimate of drug-likeness (QED) is 0.427. The SMILES string of the molecule is CC(C)(C)C1CCC(NC(=O)CC(=O)N2[C@@H]3CC[C@H]2CC([C@H](N)Cc2cc(F)c(F)cc2F)C3)CC1. The summed E-state index contributed by atoms with van der Waals surface area (Å²) in [6, 6.07) is 1.18. The Bertz CT molecular complexity index is 958. The van der Waals surface area contributed by atoms with Gasteiger partial charge in [0.2, 0.25) is 11.8 Å². The first-order valence-electron chi connectivity index (χ1n) is 13.4. The predicted molar refractivity (Wildman–Crippen MR) is 132 cm³/mol. The van der Waals surface area contributed by atoms with Crippen molar-refractivity contribution in [3.05, 3.63) is 35.1 Å². The molecule has 2 saturated heterocycles. The topological polar surface area (TPSA) is 75.4 Å². The van der Waals surface area contributed by atoms with E-state index in [0.717, 1.165) is 44.6 Å². The van der Waals surface area contributed by atoms with Crippen molar-refractivity contribution in [1.82, 2.24) is 10.2 Å². The van der Waals surface area contributed by atoms with Crippen molar-refractivity contribution < 1.29 is 22.8 Å². The molecule has 2 amide bonds. The first-order valence-corrected chi connectivity index (χ1v) is 13.4. The lowest BCUT2D eigenvalue weighted by Crippen LogP contribution is -2.51. The highest BCUT2D eigenvalue weighted by Gasteiger charge is 2.45. The van der Waals surface area contributed by atoms with Gasteiger partial charge in [0.05, 0.1) is 0 Å². The van der Waals surface area contributed by atoms with E-state index in [1.54, 1.807) is 0 Å². The highest BCUT2D eigenvalue weighted by Crippen LogP contribution is 2.41. The molecular formula is C28H40F3N3O2. The van der Waals surface area contributed by atoms with E-state index in [1.165, 1.54) is 0 Å². The van der Waals surface area contributed by atoms with Gasteiger partial charge in [-0.3, -0.25) is 9.59 Å². The molecule has 0 aromatic heterocycles. The number of nitrogens with two attached hydrogens (primary N) is 1. The number of benzene rings is 1. The maximum Gasteiger partial charge on any atom is 0.232 e. The predicted octanol–water partition coefficient (Wildman–Crippen LogP) is 4.85. The minimum Gasteiger partial charge on any atom is -0.353 e. The molecule has 0 radical (unpaired) electrons. The third kappa shape index (κ3) is 6.06. The van der Waals surface area contributed by atoms with Crippen LogP contribution in [0.15, 0.2) is 12.1 Å². The van der Waals surface area contributed by atoms with Gasteiger partial charge in [0.25, 0.3) is 0 Å². The van der Waals surface area contributed by atoms with Crippen molar-refractivity contribution in [2.75, 3.05) is 0 Å². The lowest BCUT2D eigenvalue weighted by Gasteiger charge is -2.41. The second-order valence-corrected chi connectivity index (χ2v) is 12.3. The zero-order valence-electron chi connectivity index (χ0n) is 21.7. The van der Waals surface area contributed by atoms with Gasteiger partial charge >= 0.3 is 0 Å². The molecule has 1 aromatic rings. The molecule has 2 heterocycles. The Kier molecular flexibility index (Phi) is 8.03. The second kappa shape index (κ2) is 10.7. The zero-order chi connectivity index (χ0) is 26.2. The molecule has 0 spiro atoms. The Balaban J connectivity index is 1.27. The fourth-order valence-electron chi connectivity index (χ4n) is 6.73. The summed E-state index contributed by atoms with van der Waals surface area (Å²) in [5, 5.41) is 3.08. The van der Waals surface area contributed by atoms with Crippen LogP contribution in [0.3, 0.4) is 0 Å². The Morgan fingerprint density at radius 1 is 0.972 bits per heavy atom. The van der Waals surface area contributed by atoms with Crippen LogP contribution in [0.5, 0.6) is 0 Å². The maximum absolute atomic E-state index is 14.1. The second-order valence-electron chi connectivity index (χ2n) is 12.3. The van der Waals surface area contributed by atoms with E-state index in [0.29, 0.717) is 24.8 Å². The molecule has 3 aliphatic rings. The molecule has 200 valence electrons. The van der Waals surface area contributed by atoms with Crippen molar-refractivity contribution in [2.24, 2.45) is 23.0 Å². The van der Waals surface area contributed by atoms with E-state index >= 15 is 0 Å². The van der Waals surface area contributed by atoms with E-state index in [1.807, 2.05) is 4.90 Å². The number of hydrogen-bond donors (Lipinski definition) is 2. The van der Waals surface area contributed by atoms with Gasteiger partial charge < -0.3 is 16.0 Å². The Hall–Kier alpha value is -2.09. The van der Waals surface area contributed by atoms with Crippen LogP contribution in [-0.4, -0.2) is 40.9 Å². The summed E-state index contributed by atoms with van der Waals surface area (Å²) in [5.41, 5.74) is 6.73. The lowest BCUT2D eigenvalue weighted by atomic mass is 9.71. The maximum atomic E-state index is 14.1. The minimum atomic E-state index is -1.21. The average molecular weight is 508 g/mol. The monoisotopic (exact) mass is 507 g/mol. The van der Waals surface area contributed by atoms with E-state index in [2.05, 4.69) is 26.1 Å². The summed E-state index contributed by atoms with van der Waals surface area (Å²) in [7, 11) is 0. The van der Waals surface area contributed by atoms with Crippen molar-refractivity contribution >= 4 is 11.8 Å². The molecule has 2 aliphatic heterocycles. The van der Waals surface area contributed by atoms with E-state index in [-0.39, 0.29) is 59.7 Å². The van der Waals surface area contributed by atoms with Crippen LogP contribution in [0, 0.1) is 34.7 Å². The number of piperidine rings is 1. The van der Waals surface area contributed by atoms with Gasteiger partial charge in [-0.2, -0.15) is 0 Å². The van der Waals surface area contributed by atoms with Crippen molar-refractivity contribution in [3.8, 4) is 0 Å². The highest BCUT2D eigenvalue weighted by molar-refractivity contribution is 5.97. The summed E-state index contributed by atoms with van der Waals surface area (Å²) in [6.07, 6.45) is 7.13. The van der Waals surface area contributed by atoms with Gasteiger partial charge in [0.1, 0.15) is 12.2 Å². The third-order valence-corrected chi connectivity index (χ3v) is 8.84. The lowest BCUT2D eigenvalue weighted by molar-refractivity contribution is -0.140. The van der Waals surface area contributed by atoms with Crippen LogP contribution in [0.1, 0.15) is 84.1 Å². The standard InChI is InChI=1S/C28H40F3N3O2/c1-28(2,3)18-4-6-19(7-5-18)33-26(35)15-27(36)34-20-8-9-21(34)11-17(10-20)25(32)13-16-12-23(30)24(31)14-22(16)29/h12,14,17-21,25H,4-11,13,15,32H2,1-3H3,(H,33,35)/t17?,18?,19?,20-,21+,25-/m1/s1. The Morgan fingerprint density at radius 2 is 1.56 bits per heavy atom. The molecule has 1 aromatic carbocycles. The van der Waals surface area contributed by atoms with Crippen LogP contribution >= 0.6 is 0 Å². The molecule has 4 rings (SSSR count). The number of rotatable bonds is 6. The average Bonchev–Trinajstić information content (AvgIpc) is 3.06. The normalized spacial score (nSPS) is 29.2. The van der Waals surface area contributed by atoms with Crippen molar-refractivity contribution in [3.63, 3.8) is 0 Å². The van der Waals surface area contributed by atoms with Crippen LogP contribution < -0.4 is 11.1 Å². The molecule has 3 fully saturated rings. The molecule has 5 nitrogen and oxygen atoms in total. The first-order chi connectivity index (χ1) is 16.9. The zero-order valence-corrected chi connectivity index (χ0v) is 21.7. The van der Waals surface area contributed by atoms with Gasteiger partial charge in [0.15, 0.2) is 11.6 Å². The van der Waals surface area contributed by atoms with E-state index in [4.69, 9.17) is 5.73 Å². The Labute approximate surface area is 212 Å². The molecule has 36 heavy (non-hydrogen) atoms. The number of nitrogens with one attached hydrogen (secondary N) is 1. The first kappa shape index (κ1) is 27.0. The van der Waals surface area contributed by atoms with Gasteiger partial charge in [-0.15, -0.1) is 0 Å². The minimum absolute atomic E-state index is 0.0112. The van der Waals surface area contributed by atoms with Gasteiger partial charge in [-0.05, 0) is 86.7 Å². The van der Waals surface area contributed by atoms with Gasteiger partial charge in [0, 0.05) is 30.2 Å². The molecule has 4 atom stereocenters. The molecule has 1 saturated carbocycles. The molecule has 8 heteroatoms. The molecule has 1 unspecified atom stereocenters. The van der Waals surface area contributed by atoms with Gasteiger partial charge in [-0.25, -0.2) is 13.2 Å². The fraction of sp³-hybridized carbons (Fsp3) is 0.714. The largest absolute Gasteiger partial charge is 0.353 e. The smallest absolute Gasteiger partial charge is 0.232 e. The molecule has 3 N–H and O–H groups in total. The summed E-state index contributed by atoms with van der Waals surface area (Å²) >= 11 is 0. The molecule has 2 bridgehead atoms. The number of nitrogens with zero attached hydrogens (tertiary/aromatic N) is 1. The summed E-state index contributed by atoms with van der Waals surface area (Å²) < 4.78 is 40.9. The number of carbonyl (C=O) groups is 2. The third-order valence-electron chi connectivity index (χ3n) is 8.84. The summed E-state index contributed by atoms with van der Waals surface area (Å²) in [6.45, 7) is 6.79. The molecule has 1 aliphatic carbocycles. The number of fused-ring (bicyclic) bond motifs is 2.